The molecular formula is C13H18N2O2. The van der Waals surface area contributed by atoms with Gasteiger partial charge in [0, 0.05) is 25.6 Å². The zero-order chi connectivity index (χ0) is 12.1. The molecule has 0 saturated carbocycles. The summed E-state index contributed by atoms with van der Waals surface area (Å²) < 4.78 is 10.8. The van der Waals surface area contributed by atoms with E-state index in [9.17, 15) is 0 Å². The first kappa shape index (κ1) is 12.1. The molecule has 1 unspecified atom stereocenters. The van der Waals surface area contributed by atoms with Crippen molar-refractivity contribution in [1.29, 1.82) is 0 Å². The lowest BCUT2D eigenvalue weighted by Crippen LogP contribution is -2.30. The number of fused-ring (bicyclic) bond motifs is 1. The lowest BCUT2D eigenvalue weighted by molar-refractivity contribution is 0.194. The van der Waals surface area contributed by atoms with Crippen molar-refractivity contribution in [2.45, 2.75) is 6.04 Å². The van der Waals surface area contributed by atoms with Crippen molar-refractivity contribution in [3.8, 4) is 0 Å². The summed E-state index contributed by atoms with van der Waals surface area (Å²) in [6.45, 7) is 1.93. The quantitative estimate of drug-likeness (QED) is 0.746. The van der Waals surface area contributed by atoms with Crippen LogP contribution < -0.4 is 11.1 Å². The first-order valence-corrected chi connectivity index (χ1v) is 5.76. The molecule has 17 heavy (non-hydrogen) atoms. The first-order chi connectivity index (χ1) is 8.35. The molecule has 0 aliphatic carbocycles. The molecule has 0 saturated heterocycles. The molecule has 1 heterocycles. The number of furan rings is 1. The molecule has 3 N–H and O–H groups in total. The van der Waals surface area contributed by atoms with Gasteiger partial charge in [0.25, 0.3) is 0 Å². The molecule has 0 aliphatic heterocycles. The van der Waals surface area contributed by atoms with Crippen molar-refractivity contribution in [3.63, 3.8) is 0 Å². The van der Waals surface area contributed by atoms with Gasteiger partial charge in [-0.05, 0) is 12.1 Å². The van der Waals surface area contributed by atoms with E-state index in [0.717, 1.165) is 23.3 Å². The second-order valence-electron chi connectivity index (χ2n) is 3.92. The standard InChI is InChI=1S/C13H18N2O2/c1-16-7-6-15-11(9-14)13-8-10-4-2-3-5-12(10)17-13/h2-5,8,11,15H,6-7,9,14H2,1H3. The molecule has 1 aromatic heterocycles. The van der Waals surface area contributed by atoms with Crippen molar-refractivity contribution < 1.29 is 9.15 Å². The first-order valence-electron chi connectivity index (χ1n) is 5.76. The minimum atomic E-state index is 0.0394. The Morgan fingerprint density at radius 2 is 2.24 bits per heavy atom. The van der Waals surface area contributed by atoms with Gasteiger partial charge in [0.1, 0.15) is 11.3 Å². The molecule has 2 aromatic rings. The predicted octanol–water partition coefficient (Wildman–Crippen LogP) is 1.67. The number of hydrogen-bond donors (Lipinski definition) is 2. The minimum Gasteiger partial charge on any atom is -0.459 e. The third kappa shape index (κ3) is 2.85. The smallest absolute Gasteiger partial charge is 0.134 e. The van der Waals surface area contributed by atoms with Crippen molar-refractivity contribution in [1.82, 2.24) is 5.32 Å². The lowest BCUT2D eigenvalue weighted by atomic mass is 10.2. The molecule has 0 radical (unpaired) electrons. The van der Waals surface area contributed by atoms with Gasteiger partial charge in [-0.15, -0.1) is 0 Å². The highest BCUT2D eigenvalue weighted by Crippen LogP contribution is 2.23. The summed E-state index contributed by atoms with van der Waals surface area (Å²) in [5, 5.41) is 4.41. The second kappa shape index (κ2) is 5.82. The summed E-state index contributed by atoms with van der Waals surface area (Å²) in [6.07, 6.45) is 0. The van der Waals surface area contributed by atoms with Gasteiger partial charge >= 0.3 is 0 Å². The Balaban J connectivity index is 2.12. The Hall–Kier alpha value is -1.36. The number of ether oxygens (including phenoxy) is 1. The summed E-state index contributed by atoms with van der Waals surface area (Å²) in [7, 11) is 1.68. The van der Waals surface area contributed by atoms with Gasteiger partial charge in [-0.25, -0.2) is 0 Å². The van der Waals surface area contributed by atoms with Crippen LogP contribution in [0, 0.1) is 0 Å². The van der Waals surface area contributed by atoms with Crippen molar-refractivity contribution >= 4 is 11.0 Å². The second-order valence-corrected chi connectivity index (χ2v) is 3.92. The van der Waals surface area contributed by atoms with Gasteiger partial charge in [0.15, 0.2) is 0 Å². The zero-order valence-corrected chi connectivity index (χ0v) is 9.98. The minimum absolute atomic E-state index is 0.0394. The Kier molecular flexibility index (Phi) is 4.14. The molecule has 0 aliphatic rings. The van der Waals surface area contributed by atoms with Crippen LogP contribution in [0.15, 0.2) is 34.7 Å². The number of benzene rings is 1. The summed E-state index contributed by atoms with van der Waals surface area (Å²) in [4.78, 5) is 0. The van der Waals surface area contributed by atoms with Gasteiger partial charge in [-0.2, -0.15) is 0 Å². The molecular weight excluding hydrogens is 216 g/mol. The van der Waals surface area contributed by atoms with E-state index < -0.39 is 0 Å². The van der Waals surface area contributed by atoms with Crippen molar-refractivity contribution in [3.05, 3.63) is 36.1 Å². The maximum absolute atomic E-state index is 5.77. The highest BCUT2D eigenvalue weighted by atomic mass is 16.5. The van der Waals surface area contributed by atoms with Crippen LogP contribution in [0.2, 0.25) is 0 Å². The molecule has 1 atom stereocenters. The summed E-state index contributed by atoms with van der Waals surface area (Å²) in [6, 6.07) is 10.0. The van der Waals surface area contributed by atoms with E-state index in [2.05, 4.69) is 5.32 Å². The van der Waals surface area contributed by atoms with Crippen LogP contribution in [-0.4, -0.2) is 26.8 Å². The highest BCUT2D eigenvalue weighted by Gasteiger charge is 2.13. The fourth-order valence-electron chi connectivity index (χ4n) is 1.81. The van der Waals surface area contributed by atoms with Crippen LogP contribution in [0.25, 0.3) is 11.0 Å². The average Bonchev–Trinajstić information content (AvgIpc) is 2.78. The van der Waals surface area contributed by atoms with Crippen molar-refractivity contribution in [2.75, 3.05) is 26.8 Å². The Morgan fingerprint density at radius 1 is 1.41 bits per heavy atom. The van der Waals surface area contributed by atoms with E-state index in [0.29, 0.717) is 13.2 Å². The number of nitrogens with one attached hydrogen (secondary N) is 1. The Morgan fingerprint density at radius 3 is 2.94 bits per heavy atom. The number of methoxy groups -OCH3 is 1. The van der Waals surface area contributed by atoms with Crippen LogP contribution in [0.3, 0.4) is 0 Å². The van der Waals surface area contributed by atoms with Gasteiger partial charge < -0.3 is 20.2 Å². The summed E-state index contributed by atoms with van der Waals surface area (Å²) in [5.74, 6) is 0.879. The SMILES string of the molecule is COCCNC(CN)c1cc2ccccc2o1. The highest BCUT2D eigenvalue weighted by molar-refractivity contribution is 5.77. The average molecular weight is 234 g/mol. The molecule has 4 heteroatoms. The molecule has 1 aromatic carbocycles. The van der Waals surface area contributed by atoms with E-state index in [1.54, 1.807) is 7.11 Å². The molecule has 0 spiro atoms. The Labute approximate surface area is 101 Å². The number of para-hydroxylation sites is 1. The van der Waals surface area contributed by atoms with Gasteiger partial charge in [-0.3, -0.25) is 0 Å². The molecule has 0 fully saturated rings. The molecule has 0 bridgehead atoms. The van der Waals surface area contributed by atoms with Crippen molar-refractivity contribution in [2.24, 2.45) is 5.73 Å². The third-order valence-electron chi connectivity index (χ3n) is 2.72. The van der Waals surface area contributed by atoms with Gasteiger partial charge in [0.2, 0.25) is 0 Å². The van der Waals surface area contributed by atoms with E-state index in [1.807, 2.05) is 30.3 Å². The Bertz CT molecular complexity index is 434. The normalized spacial score (nSPS) is 13.1. The maximum Gasteiger partial charge on any atom is 0.134 e. The van der Waals surface area contributed by atoms with Crippen LogP contribution >= 0.6 is 0 Å². The molecule has 0 amide bonds. The van der Waals surface area contributed by atoms with E-state index >= 15 is 0 Å². The summed E-state index contributed by atoms with van der Waals surface area (Å²) >= 11 is 0. The number of hydrogen-bond acceptors (Lipinski definition) is 4. The van der Waals surface area contributed by atoms with Crippen LogP contribution in [0.4, 0.5) is 0 Å². The van der Waals surface area contributed by atoms with E-state index in [1.165, 1.54) is 0 Å². The molecule has 2 rings (SSSR count). The maximum atomic E-state index is 5.77. The van der Waals surface area contributed by atoms with E-state index in [4.69, 9.17) is 14.9 Å². The summed E-state index contributed by atoms with van der Waals surface area (Å²) in [5.41, 5.74) is 6.64. The fourth-order valence-corrected chi connectivity index (χ4v) is 1.81. The molecule has 4 nitrogen and oxygen atoms in total. The third-order valence-corrected chi connectivity index (χ3v) is 2.72. The fraction of sp³-hybridized carbons (Fsp3) is 0.385. The zero-order valence-electron chi connectivity index (χ0n) is 9.98. The van der Waals surface area contributed by atoms with Crippen LogP contribution in [0.1, 0.15) is 11.8 Å². The largest absolute Gasteiger partial charge is 0.459 e. The predicted molar refractivity (Wildman–Crippen MR) is 67.9 cm³/mol. The number of nitrogens with two attached hydrogens (primary N) is 1. The van der Waals surface area contributed by atoms with Gasteiger partial charge in [0.05, 0.1) is 12.6 Å². The lowest BCUT2D eigenvalue weighted by Gasteiger charge is -2.13. The van der Waals surface area contributed by atoms with Crippen LogP contribution in [0.5, 0.6) is 0 Å². The van der Waals surface area contributed by atoms with Crippen LogP contribution in [-0.2, 0) is 4.74 Å². The van der Waals surface area contributed by atoms with Gasteiger partial charge in [-0.1, -0.05) is 18.2 Å². The molecule has 92 valence electrons. The monoisotopic (exact) mass is 234 g/mol. The number of rotatable bonds is 6. The van der Waals surface area contributed by atoms with E-state index in [-0.39, 0.29) is 6.04 Å². The topological polar surface area (TPSA) is 60.4 Å².